The van der Waals surface area contributed by atoms with Crippen molar-refractivity contribution in [3.8, 4) is 6.19 Å². The van der Waals surface area contributed by atoms with E-state index < -0.39 is 0 Å². The molecule has 0 saturated carbocycles. The Kier molecular flexibility index (Phi) is 8.26. The molecule has 0 aliphatic rings. The van der Waals surface area contributed by atoms with E-state index in [0.29, 0.717) is 39.0 Å². The number of guanidine groups is 1. The maximum atomic E-state index is 12.3. The fraction of sp³-hybridized carbons (Fsp3) is 0.263. The summed E-state index contributed by atoms with van der Waals surface area (Å²) in [5.41, 5.74) is 0.822. The van der Waals surface area contributed by atoms with Crippen LogP contribution in [0.15, 0.2) is 46.0 Å². The molecule has 0 fully saturated rings. The number of pyridine rings is 1. The molecule has 3 N–H and O–H groups in total. The number of nitrogens with zero attached hydrogens (tertiary/aromatic N) is 3. The van der Waals surface area contributed by atoms with Crippen molar-refractivity contribution in [1.82, 2.24) is 15.6 Å². The quantitative estimate of drug-likeness (QED) is 0.237. The molecule has 1 aromatic carbocycles. The molecule has 0 aliphatic heterocycles. The number of amides is 1. The van der Waals surface area contributed by atoms with E-state index in [-0.39, 0.29) is 17.3 Å². The smallest absolute Gasteiger partial charge is 0.251 e. The van der Waals surface area contributed by atoms with Crippen LogP contribution in [0.25, 0.3) is 0 Å². The lowest BCUT2D eigenvalue weighted by molar-refractivity contribution is 0.0937. The molecule has 0 spiro atoms. The van der Waals surface area contributed by atoms with Crippen molar-refractivity contribution in [2.24, 2.45) is 10.4 Å². The Labute approximate surface area is 187 Å². The van der Waals surface area contributed by atoms with Crippen molar-refractivity contribution in [1.29, 1.82) is 5.26 Å². The number of rotatable bonds is 6. The highest BCUT2D eigenvalue weighted by molar-refractivity contribution is 9.10. The molecule has 0 aliphatic carbocycles. The molecule has 0 bridgehead atoms. The minimum absolute atomic E-state index is 0.184. The summed E-state index contributed by atoms with van der Waals surface area (Å²) in [6.07, 6.45) is 3.28. The number of halogens is 3. The third-order valence-electron chi connectivity index (χ3n) is 3.79. The van der Waals surface area contributed by atoms with E-state index >= 15 is 0 Å². The Morgan fingerprint density at radius 1 is 1.24 bits per heavy atom. The molecular formula is C19H19BrCl2N6O. The van der Waals surface area contributed by atoms with Gasteiger partial charge in [-0.05, 0) is 51.7 Å². The highest BCUT2D eigenvalue weighted by Crippen LogP contribution is 2.22. The number of nitriles is 1. The van der Waals surface area contributed by atoms with Crippen LogP contribution >= 0.6 is 39.1 Å². The predicted octanol–water partition coefficient (Wildman–Crippen LogP) is 4.45. The van der Waals surface area contributed by atoms with Crippen LogP contribution in [-0.4, -0.2) is 29.9 Å². The molecule has 0 atom stereocenters. The summed E-state index contributed by atoms with van der Waals surface area (Å²) in [6, 6.07) is 8.40. The average molecular weight is 498 g/mol. The van der Waals surface area contributed by atoms with Gasteiger partial charge in [0, 0.05) is 23.7 Å². The first-order valence-corrected chi connectivity index (χ1v) is 10.1. The van der Waals surface area contributed by atoms with Gasteiger partial charge in [0.25, 0.3) is 5.91 Å². The zero-order chi connectivity index (χ0) is 21.4. The molecule has 29 heavy (non-hydrogen) atoms. The van der Waals surface area contributed by atoms with Gasteiger partial charge in [-0.15, -0.1) is 4.99 Å². The van der Waals surface area contributed by atoms with Gasteiger partial charge in [-0.2, -0.15) is 5.26 Å². The summed E-state index contributed by atoms with van der Waals surface area (Å²) in [5, 5.41) is 18.8. The second kappa shape index (κ2) is 10.4. The molecule has 0 radical (unpaired) electrons. The molecule has 2 rings (SSSR count). The van der Waals surface area contributed by atoms with Crippen molar-refractivity contribution < 1.29 is 4.79 Å². The number of aromatic nitrogens is 1. The molecule has 7 nitrogen and oxygen atoms in total. The summed E-state index contributed by atoms with van der Waals surface area (Å²) < 4.78 is 0.616. The molecule has 152 valence electrons. The third-order valence-corrected chi connectivity index (χ3v) is 5.18. The fourth-order valence-corrected chi connectivity index (χ4v) is 2.77. The number of aliphatic imine (C=N–C) groups is 1. The van der Waals surface area contributed by atoms with Gasteiger partial charge >= 0.3 is 0 Å². The van der Waals surface area contributed by atoms with Gasteiger partial charge < -0.3 is 16.0 Å². The van der Waals surface area contributed by atoms with E-state index in [9.17, 15) is 4.79 Å². The Morgan fingerprint density at radius 3 is 2.52 bits per heavy atom. The number of benzene rings is 1. The minimum atomic E-state index is -0.321. The summed E-state index contributed by atoms with van der Waals surface area (Å²) in [7, 11) is 0. The number of anilines is 1. The highest BCUT2D eigenvalue weighted by Gasteiger charge is 2.20. The lowest BCUT2D eigenvalue weighted by Crippen LogP contribution is -2.43. The predicted molar refractivity (Wildman–Crippen MR) is 119 cm³/mol. The highest BCUT2D eigenvalue weighted by atomic mass is 79.9. The number of carbonyl (C=O) groups is 1. The van der Waals surface area contributed by atoms with Crippen LogP contribution in [0.3, 0.4) is 0 Å². The van der Waals surface area contributed by atoms with Gasteiger partial charge in [-0.3, -0.25) is 4.79 Å². The van der Waals surface area contributed by atoms with Crippen LogP contribution in [0, 0.1) is 16.9 Å². The monoisotopic (exact) mass is 496 g/mol. The minimum Gasteiger partial charge on any atom is -0.355 e. The summed E-state index contributed by atoms with van der Waals surface area (Å²) in [5.74, 6) is 0.0801. The third kappa shape index (κ3) is 7.54. The normalized spacial score (nSPS) is 11.5. The van der Waals surface area contributed by atoms with Crippen LogP contribution in [0.2, 0.25) is 10.2 Å². The summed E-state index contributed by atoms with van der Waals surface area (Å²) in [4.78, 5) is 20.0. The van der Waals surface area contributed by atoms with Crippen LogP contribution in [-0.2, 0) is 0 Å². The van der Waals surface area contributed by atoms with Crippen LogP contribution in [0.5, 0.6) is 0 Å². The van der Waals surface area contributed by atoms with Crippen molar-refractivity contribution in [2.45, 2.75) is 13.8 Å². The first kappa shape index (κ1) is 22.9. The lowest BCUT2D eigenvalue weighted by atomic mass is 9.93. The molecule has 1 heterocycles. The lowest BCUT2D eigenvalue weighted by Gasteiger charge is -2.26. The molecule has 10 heteroatoms. The van der Waals surface area contributed by atoms with E-state index in [2.05, 4.69) is 41.9 Å². The van der Waals surface area contributed by atoms with Gasteiger partial charge in [0.2, 0.25) is 12.2 Å². The molecular weight excluding hydrogens is 479 g/mol. The maximum absolute atomic E-state index is 12.3. The maximum Gasteiger partial charge on any atom is 0.251 e. The number of hydrogen-bond donors (Lipinski definition) is 3. The topological polar surface area (TPSA) is 102 Å². The molecule has 1 aromatic heterocycles. The van der Waals surface area contributed by atoms with Crippen molar-refractivity contribution >= 4 is 56.7 Å². The van der Waals surface area contributed by atoms with Crippen LogP contribution in [0.4, 0.5) is 5.69 Å². The van der Waals surface area contributed by atoms with Gasteiger partial charge in [-0.25, -0.2) is 4.98 Å². The van der Waals surface area contributed by atoms with E-state index in [1.165, 1.54) is 6.20 Å². The standard InChI is InChI=1S/C19H19BrCl2N6O/c1-19(2,9-25-17(29)12-3-5-13(21)6-4-12)10-26-18(27-11-23)28-14-7-15(20)16(22)24-8-14/h3-8H,9-10H2,1-2H3,(H,25,29)(H2,26,27,28). The molecule has 0 unspecified atom stereocenters. The number of hydrogen-bond acceptors (Lipinski definition) is 4. The van der Waals surface area contributed by atoms with Gasteiger partial charge in [0.1, 0.15) is 5.15 Å². The van der Waals surface area contributed by atoms with E-state index in [1.54, 1.807) is 36.5 Å². The van der Waals surface area contributed by atoms with Crippen LogP contribution in [0.1, 0.15) is 24.2 Å². The van der Waals surface area contributed by atoms with Crippen LogP contribution < -0.4 is 16.0 Å². The summed E-state index contributed by atoms with van der Waals surface area (Å²) in [6.45, 7) is 4.82. The van der Waals surface area contributed by atoms with E-state index in [1.807, 2.05) is 13.8 Å². The Bertz CT molecular complexity index is 941. The van der Waals surface area contributed by atoms with E-state index in [0.717, 1.165) is 0 Å². The fourth-order valence-electron chi connectivity index (χ4n) is 2.20. The molecule has 0 saturated heterocycles. The Hall–Kier alpha value is -2.34. The average Bonchev–Trinajstić information content (AvgIpc) is 2.68. The first-order chi connectivity index (χ1) is 13.7. The second-order valence-electron chi connectivity index (χ2n) is 6.89. The second-order valence-corrected chi connectivity index (χ2v) is 8.54. The number of carbonyl (C=O) groups excluding carboxylic acids is 1. The Morgan fingerprint density at radius 2 is 1.90 bits per heavy atom. The Balaban J connectivity index is 1.92. The van der Waals surface area contributed by atoms with Crippen molar-refractivity contribution in [2.75, 3.05) is 18.4 Å². The molecule has 2 aromatic rings. The molecule has 1 amide bonds. The first-order valence-electron chi connectivity index (χ1n) is 8.53. The zero-order valence-corrected chi connectivity index (χ0v) is 18.9. The van der Waals surface area contributed by atoms with Crippen molar-refractivity contribution in [3.05, 3.63) is 56.7 Å². The van der Waals surface area contributed by atoms with E-state index in [4.69, 9.17) is 28.5 Å². The van der Waals surface area contributed by atoms with Gasteiger partial charge in [0.05, 0.1) is 16.4 Å². The largest absolute Gasteiger partial charge is 0.355 e. The number of nitrogens with one attached hydrogen (secondary N) is 3. The van der Waals surface area contributed by atoms with Gasteiger partial charge in [0.15, 0.2) is 0 Å². The van der Waals surface area contributed by atoms with Crippen molar-refractivity contribution in [3.63, 3.8) is 0 Å². The summed E-state index contributed by atoms with van der Waals surface area (Å²) >= 11 is 15.0. The van der Waals surface area contributed by atoms with Gasteiger partial charge in [-0.1, -0.05) is 37.0 Å². The zero-order valence-electron chi connectivity index (χ0n) is 15.8. The SMILES string of the molecule is CC(C)(CNC(=O)c1ccc(Cl)cc1)CNC(=NC#N)Nc1cnc(Cl)c(Br)c1.